The normalized spacial score (nSPS) is 19.9. The number of benzene rings is 1. The van der Waals surface area contributed by atoms with Crippen LogP contribution >= 0.6 is 0 Å². The Morgan fingerprint density at radius 1 is 1.42 bits per heavy atom. The second-order valence-corrected chi connectivity index (χ2v) is 6.73. The van der Waals surface area contributed by atoms with Crippen molar-refractivity contribution in [3.05, 3.63) is 47.5 Å². The van der Waals surface area contributed by atoms with Gasteiger partial charge in [0.25, 0.3) is 0 Å². The molecule has 1 aromatic carbocycles. The van der Waals surface area contributed by atoms with E-state index in [2.05, 4.69) is 15.6 Å². The number of aryl methyl sites for hydroxylation is 1. The van der Waals surface area contributed by atoms with E-state index >= 15 is 0 Å². The minimum atomic E-state index is 0.219. The molecule has 2 aliphatic heterocycles. The molecule has 24 heavy (non-hydrogen) atoms. The summed E-state index contributed by atoms with van der Waals surface area (Å²) in [7, 11) is 0. The number of carbonyl (C=O) groups excluding carboxylic acids is 1. The first-order chi connectivity index (χ1) is 11.7. The van der Waals surface area contributed by atoms with Crippen LogP contribution < -0.4 is 4.74 Å². The minimum absolute atomic E-state index is 0.219. The summed E-state index contributed by atoms with van der Waals surface area (Å²) in [4.78, 5) is 19.1. The third kappa shape index (κ3) is 2.90. The van der Waals surface area contributed by atoms with E-state index in [4.69, 9.17) is 4.74 Å². The lowest BCUT2D eigenvalue weighted by atomic mass is 10.0. The Balaban J connectivity index is 1.43. The standard InChI is InChI=1S/C19H23N3O2/c1-14-20-7-9-22(14)17-3-2-8-21(13-17)19(23)12-15-4-5-18-16(11-15)6-10-24-18/h4-5,7,9,11,17H,2-3,6,8,10,12-13H2,1H3. The monoisotopic (exact) mass is 325 g/mol. The molecule has 0 aliphatic carbocycles. The maximum atomic E-state index is 12.7. The Bertz CT molecular complexity index is 753. The Morgan fingerprint density at radius 2 is 2.33 bits per heavy atom. The molecule has 1 amide bonds. The van der Waals surface area contributed by atoms with Crippen molar-refractivity contribution in [2.75, 3.05) is 19.7 Å². The molecule has 2 aromatic rings. The summed E-state index contributed by atoms with van der Waals surface area (Å²) in [6.07, 6.45) is 7.44. The van der Waals surface area contributed by atoms with Crippen molar-refractivity contribution in [1.82, 2.24) is 14.5 Å². The Morgan fingerprint density at radius 3 is 3.17 bits per heavy atom. The summed E-state index contributed by atoms with van der Waals surface area (Å²) in [5, 5.41) is 0. The molecule has 126 valence electrons. The van der Waals surface area contributed by atoms with Crippen LogP contribution in [-0.2, 0) is 17.6 Å². The molecule has 0 bridgehead atoms. The molecule has 0 N–H and O–H groups in total. The third-order valence-corrected chi connectivity index (χ3v) is 5.11. The lowest BCUT2D eigenvalue weighted by Gasteiger charge is -2.34. The Kier molecular flexibility index (Phi) is 4.00. The van der Waals surface area contributed by atoms with Gasteiger partial charge in [0.15, 0.2) is 0 Å². The van der Waals surface area contributed by atoms with Gasteiger partial charge in [-0.1, -0.05) is 12.1 Å². The molecule has 3 heterocycles. The fourth-order valence-corrected chi connectivity index (χ4v) is 3.82. The van der Waals surface area contributed by atoms with Crippen molar-refractivity contribution < 1.29 is 9.53 Å². The van der Waals surface area contributed by atoms with E-state index in [1.807, 2.05) is 36.4 Å². The third-order valence-electron chi connectivity index (χ3n) is 5.11. The van der Waals surface area contributed by atoms with Gasteiger partial charge in [-0.15, -0.1) is 0 Å². The molecular formula is C19H23N3O2. The second-order valence-electron chi connectivity index (χ2n) is 6.73. The summed E-state index contributed by atoms with van der Waals surface area (Å²) in [5.41, 5.74) is 2.32. The highest BCUT2D eigenvalue weighted by atomic mass is 16.5. The number of imidazole rings is 1. The van der Waals surface area contributed by atoms with Crippen LogP contribution in [-0.4, -0.2) is 40.1 Å². The molecule has 5 nitrogen and oxygen atoms in total. The van der Waals surface area contributed by atoms with Crippen LogP contribution in [0.1, 0.15) is 35.8 Å². The Hall–Kier alpha value is -2.30. The Labute approximate surface area is 142 Å². The average molecular weight is 325 g/mol. The largest absolute Gasteiger partial charge is 0.493 e. The molecule has 0 saturated carbocycles. The first-order valence-corrected chi connectivity index (χ1v) is 8.72. The molecule has 1 saturated heterocycles. The van der Waals surface area contributed by atoms with E-state index < -0.39 is 0 Å². The number of amides is 1. The average Bonchev–Trinajstić information content (AvgIpc) is 3.23. The van der Waals surface area contributed by atoms with E-state index in [1.54, 1.807) is 0 Å². The van der Waals surface area contributed by atoms with Gasteiger partial charge in [0, 0.05) is 31.9 Å². The number of aromatic nitrogens is 2. The molecular weight excluding hydrogens is 302 g/mol. The molecule has 0 spiro atoms. The van der Waals surface area contributed by atoms with Gasteiger partial charge in [0.2, 0.25) is 5.91 Å². The highest BCUT2D eigenvalue weighted by Gasteiger charge is 2.25. The first-order valence-electron chi connectivity index (χ1n) is 8.72. The summed E-state index contributed by atoms with van der Waals surface area (Å²) < 4.78 is 7.74. The number of ether oxygens (including phenoxy) is 1. The van der Waals surface area contributed by atoms with Crippen molar-refractivity contribution in [1.29, 1.82) is 0 Å². The molecule has 1 aromatic heterocycles. The second kappa shape index (κ2) is 6.30. The van der Waals surface area contributed by atoms with Gasteiger partial charge in [0.1, 0.15) is 11.6 Å². The molecule has 1 atom stereocenters. The van der Waals surface area contributed by atoms with Crippen LogP contribution in [0.4, 0.5) is 0 Å². The van der Waals surface area contributed by atoms with Gasteiger partial charge >= 0.3 is 0 Å². The van der Waals surface area contributed by atoms with E-state index in [-0.39, 0.29) is 5.91 Å². The summed E-state index contributed by atoms with van der Waals surface area (Å²) >= 11 is 0. The molecule has 1 unspecified atom stereocenters. The zero-order valence-corrected chi connectivity index (χ0v) is 14.1. The molecule has 2 aliphatic rings. The van der Waals surface area contributed by atoms with Crippen LogP contribution in [0.2, 0.25) is 0 Å². The predicted molar refractivity (Wildman–Crippen MR) is 91.2 cm³/mol. The number of rotatable bonds is 3. The lowest BCUT2D eigenvalue weighted by molar-refractivity contribution is -0.132. The topological polar surface area (TPSA) is 47.4 Å². The van der Waals surface area contributed by atoms with Crippen molar-refractivity contribution in [3.8, 4) is 5.75 Å². The van der Waals surface area contributed by atoms with E-state index in [0.29, 0.717) is 12.5 Å². The van der Waals surface area contributed by atoms with Crippen molar-refractivity contribution in [3.63, 3.8) is 0 Å². The van der Waals surface area contributed by atoms with E-state index in [1.165, 1.54) is 5.56 Å². The van der Waals surface area contributed by atoms with Crippen LogP contribution in [0, 0.1) is 6.92 Å². The summed E-state index contributed by atoms with van der Waals surface area (Å²) in [6.45, 7) is 4.42. The van der Waals surface area contributed by atoms with Gasteiger partial charge in [-0.25, -0.2) is 4.98 Å². The molecule has 1 fully saturated rings. The molecule has 5 heteroatoms. The molecule has 4 rings (SSSR count). The van der Waals surface area contributed by atoms with Crippen LogP contribution in [0.3, 0.4) is 0 Å². The first kappa shape index (κ1) is 15.2. The fourth-order valence-electron chi connectivity index (χ4n) is 3.82. The number of hydrogen-bond donors (Lipinski definition) is 0. The highest BCUT2D eigenvalue weighted by Crippen LogP contribution is 2.27. The number of carbonyl (C=O) groups is 1. The number of piperidine rings is 1. The fraction of sp³-hybridized carbons (Fsp3) is 0.474. The van der Waals surface area contributed by atoms with E-state index in [0.717, 1.165) is 56.1 Å². The van der Waals surface area contributed by atoms with Gasteiger partial charge in [-0.3, -0.25) is 4.79 Å². The van der Waals surface area contributed by atoms with Crippen LogP contribution in [0.15, 0.2) is 30.6 Å². The molecule has 0 radical (unpaired) electrons. The number of fused-ring (bicyclic) bond motifs is 1. The van der Waals surface area contributed by atoms with Crippen molar-refractivity contribution in [2.45, 2.75) is 38.6 Å². The van der Waals surface area contributed by atoms with Crippen LogP contribution in [0.5, 0.6) is 5.75 Å². The maximum Gasteiger partial charge on any atom is 0.227 e. The van der Waals surface area contributed by atoms with Gasteiger partial charge < -0.3 is 14.2 Å². The van der Waals surface area contributed by atoms with Gasteiger partial charge in [-0.05, 0) is 37.0 Å². The predicted octanol–water partition coefficient (Wildman–Crippen LogP) is 2.53. The lowest BCUT2D eigenvalue weighted by Crippen LogP contribution is -2.41. The quantitative estimate of drug-likeness (QED) is 0.871. The summed E-state index contributed by atoms with van der Waals surface area (Å²) in [5.74, 6) is 2.21. The summed E-state index contributed by atoms with van der Waals surface area (Å²) in [6, 6.07) is 6.49. The number of nitrogens with zero attached hydrogens (tertiary/aromatic N) is 3. The smallest absolute Gasteiger partial charge is 0.227 e. The maximum absolute atomic E-state index is 12.7. The number of likely N-dealkylation sites (tertiary alicyclic amines) is 1. The van der Waals surface area contributed by atoms with Gasteiger partial charge in [0.05, 0.1) is 19.1 Å². The van der Waals surface area contributed by atoms with Crippen LogP contribution in [0.25, 0.3) is 0 Å². The van der Waals surface area contributed by atoms with Crippen molar-refractivity contribution >= 4 is 5.91 Å². The number of hydrogen-bond acceptors (Lipinski definition) is 3. The minimum Gasteiger partial charge on any atom is -0.493 e. The van der Waals surface area contributed by atoms with E-state index in [9.17, 15) is 4.79 Å². The SMILES string of the molecule is Cc1nccn1C1CCCN(C(=O)Cc2ccc3c(c2)CCO3)C1. The highest BCUT2D eigenvalue weighted by molar-refractivity contribution is 5.79. The van der Waals surface area contributed by atoms with Crippen molar-refractivity contribution in [2.24, 2.45) is 0 Å². The zero-order valence-electron chi connectivity index (χ0n) is 14.1. The van der Waals surface area contributed by atoms with Gasteiger partial charge in [-0.2, -0.15) is 0 Å². The zero-order chi connectivity index (χ0) is 16.5.